The van der Waals surface area contributed by atoms with Crippen LogP contribution in [0.1, 0.15) is 11.6 Å². The molecule has 0 unspecified atom stereocenters. The van der Waals surface area contributed by atoms with E-state index in [2.05, 4.69) is 0 Å². The number of benzene rings is 1. The fourth-order valence-electron chi connectivity index (χ4n) is 0.930. The summed E-state index contributed by atoms with van der Waals surface area (Å²) < 4.78 is 61.2. The molecule has 1 atom stereocenters. The lowest BCUT2D eigenvalue weighted by Crippen LogP contribution is -2.29. The van der Waals surface area contributed by atoms with Gasteiger partial charge in [-0.15, -0.1) is 0 Å². The van der Waals surface area contributed by atoms with E-state index in [-0.39, 0.29) is 0 Å². The molecular weight excluding hydrogens is 205 g/mol. The Morgan fingerprint density at radius 2 is 1.71 bits per heavy atom. The number of nitrogens with two attached hydrogens (primary N) is 1. The summed E-state index contributed by atoms with van der Waals surface area (Å²) in [6, 6.07) is -0.656. The van der Waals surface area contributed by atoms with Gasteiger partial charge >= 0.3 is 6.18 Å². The highest BCUT2D eigenvalue weighted by atomic mass is 19.4. The molecule has 0 saturated heterocycles. The zero-order valence-corrected chi connectivity index (χ0v) is 6.78. The number of halogens is 5. The van der Waals surface area contributed by atoms with Crippen LogP contribution in [0, 0.1) is 11.6 Å². The van der Waals surface area contributed by atoms with Gasteiger partial charge in [0.1, 0.15) is 17.7 Å². The smallest absolute Gasteiger partial charge is 0.316 e. The molecule has 0 fully saturated rings. The Morgan fingerprint density at radius 1 is 1.14 bits per heavy atom. The first-order valence-electron chi connectivity index (χ1n) is 3.59. The van der Waals surface area contributed by atoms with Crippen LogP contribution in [0.2, 0.25) is 0 Å². The molecule has 0 spiro atoms. The second kappa shape index (κ2) is 3.53. The van der Waals surface area contributed by atoms with Gasteiger partial charge < -0.3 is 5.73 Å². The lowest BCUT2D eigenvalue weighted by Gasteiger charge is -2.16. The van der Waals surface area contributed by atoms with Gasteiger partial charge in [0.05, 0.1) is 0 Å². The molecule has 0 aromatic heterocycles. The molecule has 1 nitrogen and oxygen atoms in total. The topological polar surface area (TPSA) is 26.0 Å². The van der Waals surface area contributed by atoms with Crippen molar-refractivity contribution in [3.05, 3.63) is 35.4 Å². The minimum Gasteiger partial charge on any atom is -0.316 e. The number of alkyl halides is 3. The van der Waals surface area contributed by atoms with E-state index >= 15 is 0 Å². The number of hydrogen-bond donors (Lipinski definition) is 1. The van der Waals surface area contributed by atoms with Gasteiger partial charge in [0, 0.05) is 11.6 Å². The summed E-state index contributed by atoms with van der Waals surface area (Å²) in [7, 11) is 0. The minimum absolute atomic E-state index is 0.362. The maximum atomic E-state index is 12.8. The highest BCUT2D eigenvalue weighted by Gasteiger charge is 2.39. The Bertz CT molecular complexity index is 333. The Balaban J connectivity index is 3.08. The molecule has 1 aromatic rings. The van der Waals surface area contributed by atoms with Gasteiger partial charge in [0.15, 0.2) is 0 Å². The second-order valence-corrected chi connectivity index (χ2v) is 2.69. The van der Waals surface area contributed by atoms with E-state index in [0.29, 0.717) is 12.1 Å². The molecule has 0 heterocycles. The molecule has 0 bridgehead atoms. The van der Waals surface area contributed by atoms with Crippen LogP contribution in [0.5, 0.6) is 0 Å². The largest absolute Gasteiger partial charge is 0.407 e. The van der Waals surface area contributed by atoms with Crippen LogP contribution >= 0.6 is 0 Å². The molecule has 78 valence electrons. The lowest BCUT2D eigenvalue weighted by molar-refractivity contribution is -0.149. The molecule has 6 heteroatoms. The van der Waals surface area contributed by atoms with Crippen molar-refractivity contribution in [1.82, 2.24) is 0 Å². The fraction of sp³-hybridized carbons (Fsp3) is 0.250. The van der Waals surface area contributed by atoms with Gasteiger partial charge in [-0.25, -0.2) is 8.78 Å². The first-order valence-corrected chi connectivity index (χ1v) is 3.59. The van der Waals surface area contributed by atoms with Crippen molar-refractivity contribution < 1.29 is 22.0 Å². The molecular formula is C8H6F5N. The van der Waals surface area contributed by atoms with Gasteiger partial charge in [-0.2, -0.15) is 13.2 Å². The van der Waals surface area contributed by atoms with Crippen LogP contribution < -0.4 is 5.73 Å². The summed E-state index contributed by atoms with van der Waals surface area (Å²) in [5.41, 5.74) is 3.97. The third-order valence-electron chi connectivity index (χ3n) is 1.65. The minimum atomic E-state index is -4.74. The highest BCUT2D eigenvalue weighted by Crippen LogP contribution is 2.31. The van der Waals surface area contributed by atoms with Crippen LogP contribution in [0.4, 0.5) is 22.0 Å². The molecule has 0 aliphatic carbocycles. The summed E-state index contributed by atoms with van der Waals surface area (Å²) in [5.74, 6) is -2.24. The molecule has 0 aliphatic heterocycles. The van der Waals surface area contributed by atoms with Crippen LogP contribution in [0.3, 0.4) is 0 Å². The predicted octanol–water partition coefficient (Wildman–Crippen LogP) is 2.53. The van der Waals surface area contributed by atoms with Gasteiger partial charge in [0.2, 0.25) is 0 Å². The molecule has 0 radical (unpaired) electrons. The van der Waals surface area contributed by atoms with E-state index in [9.17, 15) is 22.0 Å². The first kappa shape index (κ1) is 10.9. The Kier molecular flexibility index (Phi) is 2.75. The van der Waals surface area contributed by atoms with Crippen molar-refractivity contribution >= 4 is 0 Å². The molecule has 14 heavy (non-hydrogen) atoms. The van der Waals surface area contributed by atoms with E-state index in [4.69, 9.17) is 5.73 Å². The van der Waals surface area contributed by atoms with Crippen molar-refractivity contribution in [2.75, 3.05) is 0 Å². The number of rotatable bonds is 1. The summed E-state index contributed by atoms with van der Waals surface area (Å²) >= 11 is 0. The van der Waals surface area contributed by atoms with Gasteiger partial charge in [-0.05, 0) is 6.07 Å². The molecule has 2 N–H and O–H groups in total. The van der Waals surface area contributed by atoms with Crippen molar-refractivity contribution in [3.63, 3.8) is 0 Å². The van der Waals surface area contributed by atoms with E-state index in [1.807, 2.05) is 0 Å². The van der Waals surface area contributed by atoms with Crippen LogP contribution in [0.25, 0.3) is 0 Å². The van der Waals surface area contributed by atoms with Crippen molar-refractivity contribution in [2.24, 2.45) is 5.73 Å². The Morgan fingerprint density at radius 3 is 2.14 bits per heavy atom. The summed E-state index contributed by atoms with van der Waals surface area (Å²) in [4.78, 5) is 0. The third-order valence-corrected chi connectivity index (χ3v) is 1.65. The molecule has 1 rings (SSSR count). The number of hydrogen-bond acceptors (Lipinski definition) is 1. The van der Waals surface area contributed by atoms with E-state index < -0.39 is 29.4 Å². The molecule has 1 aromatic carbocycles. The average molecular weight is 211 g/mol. The van der Waals surface area contributed by atoms with Crippen LogP contribution in [-0.4, -0.2) is 6.18 Å². The summed E-state index contributed by atoms with van der Waals surface area (Å²) in [6.07, 6.45) is -4.74. The Hall–Kier alpha value is -1.17. The second-order valence-electron chi connectivity index (χ2n) is 2.69. The zero-order valence-electron chi connectivity index (χ0n) is 6.78. The van der Waals surface area contributed by atoms with E-state index in [1.165, 1.54) is 0 Å². The van der Waals surface area contributed by atoms with Crippen molar-refractivity contribution in [2.45, 2.75) is 12.2 Å². The van der Waals surface area contributed by atoms with E-state index in [1.54, 1.807) is 0 Å². The van der Waals surface area contributed by atoms with Gasteiger partial charge in [0.25, 0.3) is 0 Å². The fourth-order valence-corrected chi connectivity index (χ4v) is 0.930. The molecule has 0 aliphatic rings. The lowest BCUT2D eigenvalue weighted by atomic mass is 10.1. The van der Waals surface area contributed by atoms with Crippen LogP contribution in [-0.2, 0) is 0 Å². The quantitative estimate of drug-likeness (QED) is 0.709. The SMILES string of the molecule is N[C@@H](c1ccc(F)cc1F)C(F)(F)F. The maximum Gasteiger partial charge on any atom is 0.407 e. The van der Waals surface area contributed by atoms with Gasteiger partial charge in [-0.3, -0.25) is 0 Å². The van der Waals surface area contributed by atoms with E-state index in [0.717, 1.165) is 6.07 Å². The normalized spacial score (nSPS) is 14.1. The van der Waals surface area contributed by atoms with Crippen molar-refractivity contribution in [1.29, 1.82) is 0 Å². The molecule has 0 amide bonds. The predicted molar refractivity (Wildman–Crippen MR) is 39.3 cm³/mol. The van der Waals surface area contributed by atoms with Crippen LogP contribution in [0.15, 0.2) is 18.2 Å². The summed E-state index contributed by atoms with van der Waals surface area (Å²) in [6.45, 7) is 0. The van der Waals surface area contributed by atoms with Crippen molar-refractivity contribution in [3.8, 4) is 0 Å². The summed E-state index contributed by atoms with van der Waals surface area (Å²) in [5, 5.41) is 0. The zero-order chi connectivity index (χ0) is 10.9. The standard InChI is InChI=1S/C8H6F5N/c9-4-1-2-5(6(10)3-4)7(14)8(11,12)13/h1-3,7H,14H2/t7-/m0/s1. The maximum absolute atomic E-state index is 12.8. The first-order chi connectivity index (χ1) is 6.32. The average Bonchev–Trinajstić information content (AvgIpc) is 2.01. The monoisotopic (exact) mass is 211 g/mol. The molecule has 0 saturated carbocycles. The third kappa shape index (κ3) is 2.20. The Labute approximate surface area is 76.3 Å². The van der Waals surface area contributed by atoms with Gasteiger partial charge in [-0.1, -0.05) is 6.07 Å². The highest BCUT2D eigenvalue weighted by molar-refractivity contribution is 5.22.